The van der Waals surface area contributed by atoms with Gasteiger partial charge in [-0.3, -0.25) is 0 Å². The largest absolute Gasteiger partial charge is 0.496 e. The van der Waals surface area contributed by atoms with E-state index in [1.807, 2.05) is 69.3 Å². The number of nitrogens with zero attached hydrogens (tertiary/aromatic N) is 1. The van der Waals surface area contributed by atoms with Crippen LogP contribution in [-0.4, -0.2) is 35.4 Å². The minimum absolute atomic E-state index is 0.167. The third-order valence-electron chi connectivity index (χ3n) is 4.89. The number of rotatable bonds is 11. The van der Waals surface area contributed by atoms with Crippen LogP contribution in [0.4, 0.5) is 0 Å². The monoisotopic (exact) mass is 455 g/mol. The summed E-state index contributed by atoms with van der Waals surface area (Å²) in [6, 6.07) is 15.7. The Balaban J connectivity index is 1.67. The second-order valence-corrected chi connectivity index (χ2v) is 8.95. The van der Waals surface area contributed by atoms with Crippen LogP contribution in [0.2, 0.25) is 0 Å². The van der Waals surface area contributed by atoms with Crippen LogP contribution in [0.1, 0.15) is 35.5 Å². The lowest BCUT2D eigenvalue weighted by atomic mass is 10.0. The summed E-state index contributed by atoms with van der Waals surface area (Å²) >= 11 is 1.65. The Morgan fingerprint density at radius 1 is 1.12 bits per heavy atom. The molecule has 3 aromatic rings. The number of aryl methyl sites for hydroxylation is 1. The van der Waals surface area contributed by atoms with Crippen LogP contribution >= 0.6 is 11.3 Å². The van der Waals surface area contributed by atoms with E-state index in [4.69, 9.17) is 19.2 Å². The molecule has 0 fully saturated rings. The first-order chi connectivity index (χ1) is 15.4. The molecule has 7 heteroatoms. The minimum Gasteiger partial charge on any atom is -0.496 e. The minimum atomic E-state index is -0.972. The number of carboxylic acids is 1. The van der Waals surface area contributed by atoms with Crippen LogP contribution in [0.25, 0.3) is 10.6 Å². The van der Waals surface area contributed by atoms with Gasteiger partial charge in [0, 0.05) is 22.4 Å². The second kappa shape index (κ2) is 11.2. The molecule has 170 valence electrons. The van der Waals surface area contributed by atoms with Crippen molar-refractivity contribution >= 4 is 17.3 Å². The van der Waals surface area contributed by atoms with Crippen LogP contribution in [0.5, 0.6) is 5.75 Å². The molecule has 3 rings (SSSR count). The lowest BCUT2D eigenvalue weighted by Crippen LogP contribution is -2.29. The SMILES string of the molecule is COc1ccc(CC(OC(C)C)C(=O)O)cc1COCc1nc(-c2ccccc2)sc1C. The molecule has 0 saturated carbocycles. The molecule has 0 saturated heterocycles. The number of aliphatic carboxylic acids is 1. The summed E-state index contributed by atoms with van der Waals surface area (Å²) in [5, 5.41) is 10.4. The number of aromatic nitrogens is 1. The van der Waals surface area contributed by atoms with E-state index < -0.39 is 12.1 Å². The number of ether oxygens (including phenoxy) is 3. The van der Waals surface area contributed by atoms with Crippen molar-refractivity contribution in [2.45, 2.75) is 52.6 Å². The molecule has 2 aromatic carbocycles. The fourth-order valence-corrected chi connectivity index (χ4v) is 4.25. The van der Waals surface area contributed by atoms with E-state index in [-0.39, 0.29) is 12.5 Å². The molecule has 0 radical (unpaired) electrons. The predicted octanol–water partition coefficient (Wildman–Crippen LogP) is 5.26. The predicted molar refractivity (Wildman–Crippen MR) is 125 cm³/mol. The van der Waals surface area contributed by atoms with Crippen molar-refractivity contribution in [3.05, 3.63) is 70.2 Å². The van der Waals surface area contributed by atoms with Crippen LogP contribution in [0.15, 0.2) is 48.5 Å². The maximum atomic E-state index is 11.5. The summed E-state index contributed by atoms with van der Waals surface area (Å²) in [6.07, 6.45) is -0.790. The van der Waals surface area contributed by atoms with Crippen molar-refractivity contribution in [1.82, 2.24) is 4.98 Å². The maximum Gasteiger partial charge on any atom is 0.333 e. The molecule has 1 unspecified atom stereocenters. The van der Waals surface area contributed by atoms with Gasteiger partial charge in [0.1, 0.15) is 10.8 Å². The normalized spacial score (nSPS) is 12.2. The molecule has 1 aromatic heterocycles. The molecule has 32 heavy (non-hydrogen) atoms. The van der Waals surface area contributed by atoms with Crippen LogP contribution in [0, 0.1) is 6.92 Å². The standard InChI is InChI=1S/C25H29NO5S/c1-16(2)31-23(25(27)28)13-18-10-11-22(29-4)20(12-18)14-30-15-21-17(3)32-24(26-21)19-8-6-5-7-9-19/h5-12,16,23H,13-15H2,1-4H3,(H,27,28). The lowest BCUT2D eigenvalue weighted by Gasteiger charge is -2.17. The molecular formula is C25H29NO5S. The average Bonchev–Trinajstić information content (AvgIpc) is 3.14. The highest BCUT2D eigenvalue weighted by atomic mass is 32.1. The number of hydrogen-bond acceptors (Lipinski definition) is 6. The van der Waals surface area contributed by atoms with E-state index in [9.17, 15) is 9.90 Å². The summed E-state index contributed by atoms with van der Waals surface area (Å²) < 4.78 is 17.0. The summed E-state index contributed by atoms with van der Waals surface area (Å²) in [5.41, 5.74) is 3.72. The zero-order valence-corrected chi connectivity index (χ0v) is 19.6. The van der Waals surface area contributed by atoms with Gasteiger partial charge < -0.3 is 19.3 Å². The maximum absolute atomic E-state index is 11.5. The van der Waals surface area contributed by atoms with Gasteiger partial charge in [-0.25, -0.2) is 9.78 Å². The van der Waals surface area contributed by atoms with Crippen molar-refractivity contribution in [3.63, 3.8) is 0 Å². The van der Waals surface area contributed by atoms with E-state index in [0.717, 1.165) is 32.3 Å². The molecule has 0 aliphatic heterocycles. The van der Waals surface area contributed by atoms with Gasteiger partial charge in [-0.2, -0.15) is 0 Å². The Hall–Kier alpha value is -2.74. The fourth-order valence-electron chi connectivity index (χ4n) is 3.33. The smallest absolute Gasteiger partial charge is 0.333 e. The van der Waals surface area contributed by atoms with Crippen molar-refractivity contribution in [1.29, 1.82) is 0 Å². The van der Waals surface area contributed by atoms with Crippen molar-refractivity contribution in [2.75, 3.05) is 7.11 Å². The molecule has 0 amide bonds. The fraction of sp³-hybridized carbons (Fsp3) is 0.360. The van der Waals surface area contributed by atoms with Gasteiger partial charge in [0.05, 0.1) is 32.1 Å². The van der Waals surface area contributed by atoms with Gasteiger partial charge >= 0.3 is 5.97 Å². The third kappa shape index (κ3) is 6.38. The Labute approximate surface area is 192 Å². The molecule has 0 spiro atoms. The van der Waals surface area contributed by atoms with Crippen molar-refractivity contribution in [2.24, 2.45) is 0 Å². The van der Waals surface area contributed by atoms with Crippen LogP contribution < -0.4 is 4.74 Å². The van der Waals surface area contributed by atoms with Gasteiger partial charge in [0.15, 0.2) is 6.10 Å². The van der Waals surface area contributed by atoms with E-state index >= 15 is 0 Å². The Morgan fingerprint density at radius 3 is 2.53 bits per heavy atom. The second-order valence-electron chi connectivity index (χ2n) is 7.74. The number of methoxy groups -OCH3 is 1. The van der Waals surface area contributed by atoms with Gasteiger partial charge in [0.2, 0.25) is 0 Å². The first-order valence-corrected chi connectivity index (χ1v) is 11.3. The summed E-state index contributed by atoms with van der Waals surface area (Å²) in [6.45, 7) is 6.42. The van der Waals surface area contributed by atoms with Crippen molar-refractivity contribution in [3.8, 4) is 16.3 Å². The molecule has 0 aliphatic rings. The zero-order valence-electron chi connectivity index (χ0n) is 18.8. The number of thiazole rings is 1. The van der Waals surface area contributed by atoms with Gasteiger partial charge in [-0.15, -0.1) is 11.3 Å². The van der Waals surface area contributed by atoms with Crippen molar-refractivity contribution < 1.29 is 24.1 Å². The molecule has 1 atom stereocenters. The average molecular weight is 456 g/mol. The first kappa shape index (κ1) is 23.9. The molecule has 6 nitrogen and oxygen atoms in total. The molecule has 1 N–H and O–H groups in total. The summed E-state index contributed by atoms with van der Waals surface area (Å²) in [7, 11) is 1.61. The van der Waals surface area contributed by atoms with E-state index in [1.165, 1.54) is 0 Å². The van der Waals surface area contributed by atoms with E-state index in [2.05, 4.69) is 0 Å². The molecular weight excluding hydrogens is 426 g/mol. The third-order valence-corrected chi connectivity index (χ3v) is 5.95. The summed E-state index contributed by atoms with van der Waals surface area (Å²) in [5.74, 6) is -0.272. The highest BCUT2D eigenvalue weighted by molar-refractivity contribution is 7.15. The van der Waals surface area contributed by atoms with E-state index in [1.54, 1.807) is 18.4 Å². The topological polar surface area (TPSA) is 77.9 Å². The Morgan fingerprint density at radius 2 is 1.88 bits per heavy atom. The number of hydrogen-bond donors (Lipinski definition) is 1. The highest BCUT2D eigenvalue weighted by Gasteiger charge is 2.21. The summed E-state index contributed by atoms with van der Waals surface area (Å²) in [4.78, 5) is 17.4. The molecule has 0 aliphatic carbocycles. The van der Waals surface area contributed by atoms with Gasteiger partial charge in [-0.05, 0) is 38.5 Å². The molecule has 0 bridgehead atoms. The number of carbonyl (C=O) groups is 1. The first-order valence-electron chi connectivity index (χ1n) is 10.5. The zero-order chi connectivity index (χ0) is 23.1. The highest BCUT2D eigenvalue weighted by Crippen LogP contribution is 2.28. The molecule has 1 heterocycles. The number of benzene rings is 2. The van der Waals surface area contributed by atoms with E-state index in [0.29, 0.717) is 19.0 Å². The quantitative estimate of drug-likeness (QED) is 0.425. The van der Waals surface area contributed by atoms with Crippen LogP contribution in [-0.2, 0) is 33.9 Å². The van der Waals surface area contributed by atoms with Gasteiger partial charge in [-0.1, -0.05) is 36.4 Å². The number of carboxylic acid groups (broad SMARTS) is 1. The lowest BCUT2D eigenvalue weighted by molar-refractivity contribution is -0.153. The van der Waals surface area contributed by atoms with Crippen LogP contribution in [0.3, 0.4) is 0 Å². The van der Waals surface area contributed by atoms with Gasteiger partial charge in [0.25, 0.3) is 0 Å². The Bertz CT molecular complexity index is 1030. The Kier molecular flexibility index (Phi) is 8.39.